The molecule has 1 aliphatic carbocycles. The van der Waals surface area contributed by atoms with E-state index in [9.17, 15) is 0 Å². The van der Waals surface area contributed by atoms with Crippen molar-refractivity contribution in [3.05, 3.63) is 116 Å². The van der Waals surface area contributed by atoms with Gasteiger partial charge in [0.1, 0.15) is 23.4 Å². The van der Waals surface area contributed by atoms with Crippen molar-refractivity contribution in [2.45, 2.75) is 37.6 Å². The van der Waals surface area contributed by atoms with Crippen molar-refractivity contribution in [1.82, 2.24) is 34.7 Å². The molecule has 0 bridgehead atoms. The van der Waals surface area contributed by atoms with Gasteiger partial charge in [-0.25, -0.2) is 14.3 Å². The molecule has 1 aliphatic rings. The van der Waals surface area contributed by atoms with Crippen molar-refractivity contribution in [3.8, 4) is 27.6 Å². The van der Waals surface area contributed by atoms with Crippen LogP contribution in [0.15, 0.2) is 79.4 Å². The molecule has 12 heteroatoms. The SMILES string of the molecule is Clc1ccc(-c2c(Cn3cncn3)c(-c3nnc(C4(c5ccc(Cl)cc5)CCCC4)s3)nn2-c2ccc(Cl)cc2Cl)cc1. The number of aromatic nitrogens is 7. The summed E-state index contributed by atoms with van der Waals surface area (Å²) in [5.41, 5.74) is 5.00. The third kappa shape index (κ3) is 5.36. The van der Waals surface area contributed by atoms with E-state index in [-0.39, 0.29) is 5.41 Å². The second kappa shape index (κ2) is 11.7. The minimum absolute atomic E-state index is 0.215. The van der Waals surface area contributed by atoms with Gasteiger partial charge in [-0.15, -0.1) is 10.2 Å². The van der Waals surface area contributed by atoms with Crippen LogP contribution in [-0.2, 0) is 12.0 Å². The van der Waals surface area contributed by atoms with Gasteiger partial charge in [0.15, 0.2) is 5.01 Å². The molecule has 0 radical (unpaired) electrons. The van der Waals surface area contributed by atoms with Crippen LogP contribution < -0.4 is 0 Å². The number of hydrogen-bond donors (Lipinski definition) is 0. The first-order valence-electron chi connectivity index (χ1n) is 13.7. The summed E-state index contributed by atoms with van der Waals surface area (Å²) >= 11 is 27.1. The van der Waals surface area contributed by atoms with Gasteiger partial charge in [-0.3, -0.25) is 0 Å². The van der Waals surface area contributed by atoms with E-state index in [0.717, 1.165) is 47.5 Å². The van der Waals surface area contributed by atoms with Crippen molar-refractivity contribution < 1.29 is 0 Å². The Labute approximate surface area is 272 Å². The van der Waals surface area contributed by atoms with Crippen LogP contribution in [0.2, 0.25) is 20.1 Å². The van der Waals surface area contributed by atoms with Crippen LogP contribution in [0.1, 0.15) is 41.8 Å². The van der Waals surface area contributed by atoms with Crippen molar-refractivity contribution in [2.24, 2.45) is 0 Å². The first-order chi connectivity index (χ1) is 20.9. The average Bonchev–Trinajstić information content (AvgIpc) is 3.81. The van der Waals surface area contributed by atoms with Gasteiger partial charge in [0.25, 0.3) is 0 Å². The van der Waals surface area contributed by atoms with E-state index in [4.69, 9.17) is 61.7 Å². The molecule has 0 amide bonds. The average molecular weight is 667 g/mol. The van der Waals surface area contributed by atoms with E-state index in [1.165, 1.54) is 11.9 Å². The Kier molecular flexibility index (Phi) is 7.74. The van der Waals surface area contributed by atoms with Gasteiger partial charge in [0.05, 0.1) is 22.9 Å². The fourth-order valence-electron chi connectivity index (χ4n) is 5.87. The van der Waals surface area contributed by atoms with Crippen molar-refractivity contribution in [3.63, 3.8) is 0 Å². The molecule has 7 nitrogen and oxygen atoms in total. The summed E-state index contributed by atoms with van der Waals surface area (Å²) in [6, 6.07) is 21.1. The van der Waals surface area contributed by atoms with E-state index >= 15 is 0 Å². The summed E-state index contributed by atoms with van der Waals surface area (Å²) in [6.07, 6.45) is 7.45. The normalized spacial score (nSPS) is 14.4. The van der Waals surface area contributed by atoms with Gasteiger partial charge in [0, 0.05) is 31.6 Å². The van der Waals surface area contributed by atoms with Crippen LogP contribution in [0, 0.1) is 0 Å². The lowest BCUT2D eigenvalue weighted by Gasteiger charge is -2.26. The lowest BCUT2D eigenvalue weighted by atomic mass is 9.79. The van der Waals surface area contributed by atoms with Gasteiger partial charge in [-0.05, 0) is 60.9 Å². The Balaban J connectivity index is 1.44. The molecule has 0 spiro atoms. The molecule has 3 heterocycles. The topological polar surface area (TPSA) is 74.3 Å². The molecule has 7 rings (SSSR count). The summed E-state index contributed by atoms with van der Waals surface area (Å²) in [7, 11) is 0. The molecule has 1 saturated carbocycles. The van der Waals surface area contributed by atoms with E-state index in [2.05, 4.69) is 22.2 Å². The van der Waals surface area contributed by atoms with E-state index in [0.29, 0.717) is 43.0 Å². The maximum atomic E-state index is 6.76. The molecular formula is C31H23Cl4N7S. The predicted octanol–water partition coefficient (Wildman–Crippen LogP) is 9.17. The van der Waals surface area contributed by atoms with Crippen LogP contribution in [-0.4, -0.2) is 34.7 Å². The Hall–Kier alpha value is -3.27. The second-order valence-electron chi connectivity index (χ2n) is 10.5. The standard InChI is InChI=1S/C31H23Cl4N7S/c32-21-7-3-19(4-8-21)28-24(16-41-18-36-17-37-41)27(40-42(28)26-12-11-23(34)15-25(26)35)29-38-39-30(43-29)31(13-1-2-14-31)20-5-9-22(33)10-6-20/h3-12,15,17-18H,1-2,13-14,16H2. The zero-order valence-corrected chi connectivity index (χ0v) is 26.4. The lowest BCUT2D eigenvalue weighted by Crippen LogP contribution is -2.23. The number of hydrogen-bond acceptors (Lipinski definition) is 6. The highest BCUT2D eigenvalue weighted by Crippen LogP contribution is 2.49. The molecule has 0 atom stereocenters. The quantitative estimate of drug-likeness (QED) is 0.170. The smallest absolute Gasteiger partial charge is 0.168 e. The minimum atomic E-state index is -0.215. The molecule has 0 N–H and O–H groups in total. The van der Waals surface area contributed by atoms with Crippen molar-refractivity contribution in [1.29, 1.82) is 0 Å². The molecule has 3 aromatic heterocycles. The molecule has 0 aliphatic heterocycles. The Bertz CT molecular complexity index is 1890. The highest BCUT2D eigenvalue weighted by molar-refractivity contribution is 7.14. The number of nitrogens with zero attached hydrogens (tertiary/aromatic N) is 7. The number of halogens is 4. The van der Waals surface area contributed by atoms with E-state index < -0.39 is 0 Å². The molecule has 0 saturated heterocycles. The van der Waals surface area contributed by atoms with Crippen molar-refractivity contribution in [2.75, 3.05) is 0 Å². The van der Waals surface area contributed by atoms with Crippen LogP contribution >= 0.6 is 57.7 Å². The minimum Gasteiger partial charge on any atom is -0.248 e. The van der Waals surface area contributed by atoms with Gasteiger partial charge in [-0.1, -0.05) is 94.8 Å². The van der Waals surface area contributed by atoms with Crippen LogP contribution in [0.4, 0.5) is 0 Å². The third-order valence-electron chi connectivity index (χ3n) is 7.92. The summed E-state index contributed by atoms with van der Waals surface area (Å²) in [5.74, 6) is 0. The monoisotopic (exact) mass is 665 g/mol. The molecule has 43 heavy (non-hydrogen) atoms. The maximum Gasteiger partial charge on any atom is 0.168 e. The fourth-order valence-corrected chi connectivity index (χ4v) is 7.73. The van der Waals surface area contributed by atoms with Crippen LogP contribution in [0.5, 0.6) is 0 Å². The Morgan fingerprint density at radius 2 is 1.51 bits per heavy atom. The predicted molar refractivity (Wildman–Crippen MR) is 173 cm³/mol. The zero-order chi connectivity index (χ0) is 29.6. The molecular weight excluding hydrogens is 644 g/mol. The van der Waals surface area contributed by atoms with Gasteiger partial charge in [-0.2, -0.15) is 10.2 Å². The summed E-state index contributed by atoms with van der Waals surface area (Å²) < 4.78 is 3.61. The molecule has 6 aromatic rings. The third-order valence-corrected chi connectivity index (χ3v) is 10.1. The first kappa shape index (κ1) is 28.5. The summed E-state index contributed by atoms with van der Waals surface area (Å²) in [6.45, 7) is 0.399. The van der Waals surface area contributed by atoms with Crippen LogP contribution in [0.3, 0.4) is 0 Å². The number of benzene rings is 3. The highest BCUT2D eigenvalue weighted by Gasteiger charge is 2.41. The Morgan fingerprint density at radius 3 is 2.19 bits per heavy atom. The van der Waals surface area contributed by atoms with E-state index in [1.807, 2.05) is 47.1 Å². The second-order valence-corrected chi connectivity index (χ2v) is 13.2. The van der Waals surface area contributed by atoms with Gasteiger partial charge >= 0.3 is 0 Å². The summed E-state index contributed by atoms with van der Waals surface area (Å²) in [4.78, 5) is 4.17. The van der Waals surface area contributed by atoms with Crippen molar-refractivity contribution >= 4 is 57.7 Å². The molecule has 3 aromatic carbocycles. The van der Waals surface area contributed by atoms with Gasteiger partial charge < -0.3 is 0 Å². The number of rotatable bonds is 7. The van der Waals surface area contributed by atoms with Crippen LogP contribution in [0.25, 0.3) is 27.6 Å². The lowest BCUT2D eigenvalue weighted by molar-refractivity contribution is 0.526. The fraction of sp³-hybridized carbons (Fsp3) is 0.194. The molecule has 1 fully saturated rings. The summed E-state index contributed by atoms with van der Waals surface area (Å²) in [5, 5.41) is 23.1. The zero-order valence-electron chi connectivity index (χ0n) is 22.6. The maximum absolute atomic E-state index is 6.76. The Morgan fingerprint density at radius 1 is 0.814 bits per heavy atom. The highest BCUT2D eigenvalue weighted by atomic mass is 35.5. The largest absolute Gasteiger partial charge is 0.248 e. The first-order valence-corrected chi connectivity index (χ1v) is 16.0. The molecule has 0 unspecified atom stereocenters. The molecule has 216 valence electrons. The van der Waals surface area contributed by atoms with Gasteiger partial charge in [0.2, 0.25) is 0 Å². The van der Waals surface area contributed by atoms with E-state index in [1.54, 1.807) is 34.5 Å².